The topological polar surface area (TPSA) is 154 Å². The molecule has 4 heterocycles. The van der Waals surface area contributed by atoms with Gasteiger partial charge in [-0.25, -0.2) is 4.98 Å². The first-order chi connectivity index (χ1) is 47.4. The first kappa shape index (κ1) is 77.3. The summed E-state index contributed by atoms with van der Waals surface area (Å²) in [5, 5.41) is 14.8. The normalized spacial score (nSPS) is 8.12. The van der Waals surface area contributed by atoms with Gasteiger partial charge in [0.2, 0.25) is 0 Å². The second kappa shape index (κ2) is 45.2. The van der Waals surface area contributed by atoms with Crippen molar-refractivity contribution in [3.8, 4) is 246 Å². The maximum atomic E-state index is 9.00. The molecular weight excluding hydrogens is 1410 g/mol. The van der Waals surface area contributed by atoms with Gasteiger partial charge in [0.25, 0.3) is 11.9 Å². The minimum Gasteiger partial charge on any atom is -0.497 e. The Kier molecular flexibility index (Phi) is 35.3. The van der Waals surface area contributed by atoms with Crippen molar-refractivity contribution in [1.82, 2.24) is 29.1 Å². The molecule has 0 aliphatic heterocycles. The summed E-state index contributed by atoms with van der Waals surface area (Å²) < 4.78 is 16.4. The summed E-state index contributed by atoms with van der Waals surface area (Å²) in [4.78, 5) is 36.3. The Morgan fingerprint density at radius 3 is 1.19 bits per heavy atom. The second-order valence-corrected chi connectivity index (χ2v) is 18.3. The van der Waals surface area contributed by atoms with Crippen molar-refractivity contribution in [3.05, 3.63) is 194 Å². The van der Waals surface area contributed by atoms with E-state index in [1.54, 1.807) is 19.3 Å². The third kappa shape index (κ3) is 28.7. The van der Waals surface area contributed by atoms with E-state index in [-0.39, 0.29) is 40.8 Å². The Morgan fingerprint density at radius 1 is 0.414 bits per heavy atom. The van der Waals surface area contributed by atoms with Crippen LogP contribution in [-0.2, 0) is 64.5 Å². The van der Waals surface area contributed by atoms with Gasteiger partial charge in [0.05, 0.1) is 33.6 Å². The number of para-hydroxylation sites is 4. The van der Waals surface area contributed by atoms with Gasteiger partial charge in [0.15, 0.2) is 0 Å². The van der Waals surface area contributed by atoms with Crippen LogP contribution >= 0.6 is 0 Å². The van der Waals surface area contributed by atoms with Crippen molar-refractivity contribution >= 4 is 34.0 Å². The fraction of sp³-hybridized carbons (Fsp3) is 0.0588. The van der Waals surface area contributed by atoms with Crippen LogP contribution in [0.3, 0.4) is 0 Å². The fourth-order valence-electron chi connectivity index (χ4n) is 7.69. The van der Waals surface area contributed by atoms with Crippen LogP contribution in [0, 0.1) is 190 Å². The minimum absolute atomic E-state index is 0. The van der Waals surface area contributed by atoms with E-state index in [4.69, 9.17) is 45.7 Å². The van der Waals surface area contributed by atoms with Crippen molar-refractivity contribution in [2.24, 2.45) is 14.1 Å². The first-order valence-corrected chi connectivity index (χ1v) is 28.5. The maximum absolute atomic E-state index is 9.00. The molecule has 474 valence electrons. The number of aryl methyl sites for hydroxylation is 2. The molecule has 0 spiro atoms. The standard InChI is InChI=1S/C31H4.C25H19N3O.C25H17N3O.2C2H4O2.2Pd/c1-3-5-7-9-11-13-15-17-19-21-23-25-27-29-31-30-28-26-24-22-20-18-16-14-12-10-8-6-4-2;2*1-28-24-14-3-2-13-23(24)27-25(28)19-9-7-11-21(17-19)29-20-10-6-8-18(16-20)22-12-4-5-15-26-22;2*1-2(3)4;;/h1H,2H3;2-17H,1H3;2-15H,1H3;2*1H3,(H,3,4);;/q;;-2;;;;+2. The molecule has 6 aromatic carbocycles. The van der Waals surface area contributed by atoms with Gasteiger partial charge in [-0.15, -0.1) is 53.9 Å². The van der Waals surface area contributed by atoms with Gasteiger partial charge < -0.3 is 33.8 Å². The van der Waals surface area contributed by atoms with Crippen molar-refractivity contribution in [2.75, 3.05) is 0 Å². The number of carboxylic acids is 2. The van der Waals surface area contributed by atoms with Crippen LogP contribution in [-0.4, -0.2) is 51.2 Å². The zero-order valence-electron chi connectivity index (χ0n) is 53.2. The van der Waals surface area contributed by atoms with Gasteiger partial charge in [0.1, 0.15) is 17.3 Å². The molecule has 0 saturated carbocycles. The number of pyridine rings is 2. The Labute approximate surface area is 604 Å². The molecule has 12 nitrogen and oxygen atoms in total. The maximum Gasteiger partial charge on any atom is 2.00 e. The summed E-state index contributed by atoms with van der Waals surface area (Å²) in [6.07, 6.45) is 8.48. The molecule has 0 atom stereocenters. The van der Waals surface area contributed by atoms with Gasteiger partial charge in [-0.2, -0.15) is 0 Å². The number of aliphatic carboxylic acids is 2. The molecule has 0 saturated heterocycles. The zero-order valence-corrected chi connectivity index (χ0v) is 56.4. The summed E-state index contributed by atoms with van der Waals surface area (Å²) in [5.41, 5.74) is 9.71. The molecule has 10 rings (SSSR count). The Bertz CT molecular complexity index is 5340. The summed E-state index contributed by atoms with van der Waals surface area (Å²) >= 11 is 0. The molecule has 0 amide bonds. The van der Waals surface area contributed by atoms with Gasteiger partial charge in [0, 0.05) is 154 Å². The van der Waals surface area contributed by atoms with E-state index in [2.05, 4.69) is 221 Å². The Morgan fingerprint density at radius 2 is 0.768 bits per heavy atom. The monoisotopic (exact) mass is 1460 g/mol. The largest absolute Gasteiger partial charge is 2.00 e. The van der Waals surface area contributed by atoms with Crippen molar-refractivity contribution in [1.29, 1.82) is 0 Å². The van der Waals surface area contributed by atoms with E-state index in [0.29, 0.717) is 11.5 Å². The number of benzene rings is 6. The molecule has 0 fully saturated rings. The summed E-state index contributed by atoms with van der Waals surface area (Å²) in [7, 11) is 4.05. The predicted molar refractivity (Wildman–Crippen MR) is 379 cm³/mol. The fourth-order valence-corrected chi connectivity index (χ4v) is 7.69. The quantitative estimate of drug-likeness (QED) is 0.0853. The average Bonchev–Trinajstić information content (AvgIpc) is 1.67. The van der Waals surface area contributed by atoms with Gasteiger partial charge >= 0.3 is 20.4 Å². The number of fused-ring (bicyclic) bond motifs is 2. The number of ether oxygens (including phenoxy) is 2. The minimum atomic E-state index is -0.833. The van der Waals surface area contributed by atoms with Gasteiger partial charge in [-0.1, -0.05) is 84.8 Å². The summed E-state index contributed by atoms with van der Waals surface area (Å²) in [5.74, 6) is 74.8. The van der Waals surface area contributed by atoms with Gasteiger partial charge in [-0.3, -0.25) is 19.6 Å². The van der Waals surface area contributed by atoms with Crippen molar-refractivity contribution in [3.63, 3.8) is 0 Å². The van der Waals surface area contributed by atoms with Crippen LogP contribution < -0.4 is 9.47 Å². The van der Waals surface area contributed by atoms with Crippen LogP contribution in [0.5, 0.6) is 23.0 Å². The molecule has 0 aliphatic carbocycles. The first-order valence-electron chi connectivity index (χ1n) is 28.5. The van der Waals surface area contributed by atoms with Crippen LogP contribution in [0.25, 0.3) is 67.4 Å². The molecule has 0 aliphatic rings. The third-order valence-corrected chi connectivity index (χ3v) is 11.5. The zero-order chi connectivity index (χ0) is 68.9. The number of imidazole rings is 2. The predicted octanol–water partition coefficient (Wildman–Crippen LogP) is 12.7. The SMILES string of the molecule is C#CC#CC#CC#CC#CC#CC#CC#CC#CC#CC#CC#CC#CC#CC#CC.CC(=O)O.CC(=O)O.Cn1c(-c2[c-]c(Oc3[c-]c(-c4ccccn4)ccc3)ccc2)nc2ccccc21.Cn1c(-c2cccc(Oc3cccc(-c4ccccn4)c3)c2)nc2ccccc21.[Pd+2].[Pd]. The van der Waals surface area contributed by atoms with Crippen molar-refractivity contribution < 1.29 is 70.1 Å². The number of carboxylic acid groups (broad SMARTS) is 2. The number of hydrogen-bond donors (Lipinski definition) is 2. The van der Waals surface area contributed by atoms with E-state index in [0.717, 1.165) is 92.7 Å². The van der Waals surface area contributed by atoms with Crippen LogP contribution in [0.1, 0.15) is 20.8 Å². The van der Waals surface area contributed by atoms with E-state index in [1.807, 2.05) is 166 Å². The average molecular weight is 1460 g/mol. The van der Waals surface area contributed by atoms with E-state index < -0.39 is 11.9 Å². The van der Waals surface area contributed by atoms with E-state index in [1.165, 1.54) is 0 Å². The van der Waals surface area contributed by atoms with E-state index >= 15 is 0 Å². The second-order valence-electron chi connectivity index (χ2n) is 18.3. The molecule has 4 aromatic heterocycles. The number of rotatable bonds is 8. The summed E-state index contributed by atoms with van der Waals surface area (Å²) in [6, 6.07) is 62.1. The number of aromatic nitrogens is 6. The molecule has 10 aromatic rings. The molecule has 14 heteroatoms. The van der Waals surface area contributed by atoms with Crippen LogP contribution in [0.4, 0.5) is 0 Å². The molecule has 2 N–H and O–H groups in total. The number of terminal acetylenes is 1. The van der Waals surface area contributed by atoms with Crippen LogP contribution in [0.2, 0.25) is 0 Å². The number of nitrogens with zero attached hydrogens (tertiary/aromatic N) is 6. The smallest absolute Gasteiger partial charge is 0.497 e. The Hall–Kier alpha value is -14.2. The van der Waals surface area contributed by atoms with Crippen LogP contribution in [0.15, 0.2) is 182 Å². The molecule has 99 heavy (non-hydrogen) atoms. The summed E-state index contributed by atoms with van der Waals surface area (Å²) in [6.45, 7) is 3.86. The number of hydrogen-bond acceptors (Lipinski definition) is 8. The molecule has 0 radical (unpaired) electrons. The Balaban J connectivity index is 0.000000295. The molecule has 0 bridgehead atoms. The number of carbonyl (C=O) groups is 2. The molecular formula is C85H48N6O6Pd2. The van der Waals surface area contributed by atoms with Crippen molar-refractivity contribution in [2.45, 2.75) is 20.8 Å². The van der Waals surface area contributed by atoms with E-state index in [9.17, 15) is 0 Å². The molecule has 0 unspecified atom stereocenters. The van der Waals surface area contributed by atoms with Gasteiger partial charge in [-0.05, 0) is 174 Å². The third-order valence-electron chi connectivity index (χ3n) is 11.5.